The van der Waals surface area contributed by atoms with E-state index < -0.39 is 11.4 Å². The fourth-order valence-corrected chi connectivity index (χ4v) is 5.90. The number of pyridine rings is 1. The molecule has 0 bridgehead atoms. The lowest BCUT2D eigenvalue weighted by atomic mass is 9.73. The Labute approximate surface area is 242 Å². The molecule has 2 aromatic heterocycles. The van der Waals surface area contributed by atoms with Gasteiger partial charge in [-0.05, 0) is 72.4 Å². The van der Waals surface area contributed by atoms with E-state index in [1.54, 1.807) is 41.6 Å². The van der Waals surface area contributed by atoms with Crippen LogP contribution in [0.5, 0.6) is 5.75 Å². The van der Waals surface area contributed by atoms with Gasteiger partial charge in [0.1, 0.15) is 11.6 Å². The van der Waals surface area contributed by atoms with Crippen LogP contribution in [0, 0.1) is 11.2 Å². The van der Waals surface area contributed by atoms with Gasteiger partial charge >= 0.3 is 5.97 Å². The van der Waals surface area contributed by atoms with Crippen molar-refractivity contribution in [2.24, 2.45) is 5.41 Å². The number of rotatable bonds is 7. The number of phenols is 1. The lowest BCUT2D eigenvalue weighted by molar-refractivity contribution is -0.154. The molecule has 3 aromatic carbocycles. The molecule has 212 valence electrons. The average molecular weight is 564 g/mol. The predicted octanol–water partition coefficient (Wildman–Crippen LogP) is 6.22. The van der Waals surface area contributed by atoms with Gasteiger partial charge in [-0.15, -0.1) is 0 Å². The van der Waals surface area contributed by atoms with E-state index in [9.17, 15) is 24.2 Å². The second kappa shape index (κ2) is 11.1. The number of piperidine rings is 1. The van der Waals surface area contributed by atoms with Crippen molar-refractivity contribution in [3.05, 3.63) is 108 Å². The molecule has 42 heavy (non-hydrogen) atoms. The summed E-state index contributed by atoms with van der Waals surface area (Å²) < 4.78 is 13.4. The number of hydrogen-bond donors (Lipinski definition) is 3. The number of amides is 1. The first kappa shape index (κ1) is 27.2. The highest BCUT2D eigenvalue weighted by Gasteiger charge is 2.42. The molecule has 5 aromatic rings. The molecule has 0 spiro atoms. The third kappa shape index (κ3) is 5.35. The number of carbonyl (C=O) groups excluding carboxylic acids is 1. The summed E-state index contributed by atoms with van der Waals surface area (Å²) in [6, 6.07) is 22.7. The Bertz CT molecular complexity index is 1740. The number of carboxylic acids is 1. The fourth-order valence-electron chi connectivity index (χ4n) is 5.90. The standard InChI is InChI=1S/C34H30FN3O4/c35-26-9-5-22(6-10-26)20-34(33(41)42)12-15-38(16-13-34)32(40)19-24-8-7-23(27-3-1-2-4-31(27)39)17-28(24)30-18-25-21-36-14-11-29(25)37-30/h1-11,14,17-18,21,37,39H,12-13,15-16,19-20H2,(H,41,42). The van der Waals surface area contributed by atoms with Gasteiger partial charge in [-0.2, -0.15) is 0 Å². The maximum Gasteiger partial charge on any atom is 0.310 e. The van der Waals surface area contributed by atoms with Crippen LogP contribution in [0.15, 0.2) is 91.3 Å². The van der Waals surface area contributed by atoms with Crippen LogP contribution in [-0.2, 0) is 22.4 Å². The molecule has 3 N–H and O–H groups in total. The van der Waals surface area contributed by atoms with E-state index in [-0.39, 0.29) is 30.3 Å². The minimum atomic E-state index is -1.00. The summed E-state index contributed by atoms with van der Waals surface area (Å²) in [6.45, 7) is 0.658. The largest absolute Gasteiger partial charge is 0.507 e. The van der Waals surface area contributed by atoms with Crippen molar-refractivity contribution in [3.63, 3.8) is 0 Å². The van der Waals surface area contributed by atoms with Crippen LogP contribution < -0.4 is 0 Å². The van der Waals surface area contributed by atoms with Crippen molar-refractivity contribution in [3.8, 4) is 28.1 Å². The van der Waals surface area contributed by atoms with Crippen LogP contribution in [-0.4, -0.2) is 50.0 Å². The fraction of sp³-hybridized carbons (Fsp3) is 0.206. The second-order valence-electron chi connectivity index (χ2n) is 11.0. The molecule has 0 atom stereocenters. The number of fused-ring (bicyclic) bond motifs is 1. The van der Waals surface area contributed by atoms with Crippen molar-refractivity contribution in [2.45, 2.75) is 25.7 Å². The maximum atomic E-state index is 13.6. The number of halogens is 1. The first-order chi connectivity index (χ1) is 20.3. The van der Waals surface area contributed by atoms with Crippen LogP contribution in [0.1, 0.15) is 24.0 Å². The summed E-state index contributed by atoms with van der Waals surface area (Å²) in [5.41, 5.74) is 4.69. The summed E-state index contributed by atoms with van der Waals surface area (Å²) in [6.07, 6.45) is 4.56. The molecule has 1 fully saturated rings. The number of para-hydroxylation sites is 1. The van der Waals surface area contributed by atoms with Gasteiger partial charge in [0.2, 0.25) is 5.91 Å². The number of phenolic OH excluding ortho intramolecular Hbond substituents is 1. The van der Waals surface area contributed by atoms with Crippen molar-refractivity contribution in [2.75, 3.05) is 13.1 Å². The van der Waals surface area contributed by atoms with Gasteiger partial charge in [0.15, 0.2) is 0 Å². The molecule has 0 unspecified atom stereocenters. The molecule has 0 aliphatic carbocycles. The van der Waals surface area contributed by atoms with E-state index in [0.29, 0.717) is 31.5 Å². The van der Waals surface area contributed by atoms with E-state index in [1.807, 2.05) is 42.5 Å². The number of carboxylic acid groups (broad SMARTS) is 1. The minimum absolute atomic E-state index is 0.0786. The van der Waals surface area contributed by atoms with Crippen LogP contribution >= 0.6 is 0 Å². The predicted molar refractivity (Wildman–Crippen MR) is 158 cm³/mol. The molecule has 0 saturated carbocycles. The van der Waals surface area contributed by atoms with Gasteiger partial charge in [0.05, 0.1) is 11.8 Å². The molecule has 1 amide bonds. The van der Waals surface area contributed by atoms with E-state index in [1.165, 1.54) is 12.1 Å². The van der Waals surface area contributed by atoms with E-state index in [0.717, 1.165) is 38.9 Å². The lowest BCUT2D eigenvalue weighted by Crippen LogP contribution is -2.48. The van der Waals surface area contributed by atoms with Crippen LogP contribution in [0.2, 0.25) is 0 Å². The molecule has 7 nitrogen and oxygen atoms in total. The monoisotopic (exact) mass is 563 g/mol. The molecule has 0 radical (unpaired) electrons. The quantitative estimate of drug-likeness (QED) is 0.218. The summed E-state index contributed by atoms with van der Waals surface area (Å²) in [4.78, 5) is 35.3. The molecule has 1 saturated heterocycles. The van der Waals surface area contributed by atoms with Crippen molar-refractivity contribution >= 4 is 22.8 Å². The maximum absolute atomic E-state index is 13.6. The summed E-state index contributed by atoms with van der Waals surface area (Å²) in [5, 5.41) is 21.5. The Balaban J connectivity index is 1.25. The zero-order valence-electron chi connectivity index (χ0n) is 22.9. The number of nitrogens with one attached hydrogen (secondary N) is 1. The summed E-state index contributed by atoms with van der Waals surface area (Å²) >= 11 is 0. The molecule has 3 heterocycles. The van der Waals surface area contributed by atoms with Crippen molar-refractivity contribution in [1.82, 2.24) is 14.9 Å². The number of carbonyl (C=O) groups is 2. The van der Waals surface area contributed by atoms with Gasteiger partial charge in [-0.3, -0.25) is 14.6 Å². The molecule has 1 aliphatic heterocycles. The van der Waals surface area contributed by atoms with Crippen LogP contribution in [0.3, 0.4) is 0 Å². The number of nitrogens with zero attached hydrogens (tertiary/aromatic N) is 2. The first-order valence-electron chi connectivity index (χ1n) is 13.9. The number of hydrogen-bond acceptors (Lipinski definition) is 4. The topological polar surface area (TPSA) is 107 Å². The number of aromatic nitrogens is 2. The number of aromatic hydroxyl groups is 1. The van der Waals surface area contributed by atoms with Gasteiger partial charge in [-0.1, -0.05) is 42.5 Å². The second-order valence-corrected chi connectivity index (χ2v) is 11.0. The summed E-state index contributed by atoms with van der Waals surface area (Å²) in [7, 11) is 0. The highest BCUT2D eigenvalue weighted by atomic mass is 19.1. The number of likely N-dealkylation sites (tertiary alicyclic amines) is 1. The van der Waals surface area contributed by atoms with Crippen LogP contribution in [0.4, 0.5) is 4.39 Å². The lowest BCUT2D eigenvalue weighted by Gasteiger charge is -2.39. The minimum Gasteiger partial charge on any atom is -0.507 e. The third-order valence-electron chi connectivity index (χ3n) is 8.36. The van der Waals surface area contributed by atoms with Crippen LogP contribution in [0.25, 0.3) is 33.3 Å². The van der Waals surface area contributed by atoms with E-state index in [2.05, 4.69) is 9.97 Å². The zero-order valence-corrected chi connectivity index (χ0v) is 22.9. The Morgan fingerprint density at radius 3 is 2.43 bits per heavy atom. The summed E-state index contributed by atoms with van der Waals surface area (Å²) in [5.74, 6) is -1.16. The van der Waals surface area contributed by atoms with Crippen molar-refractivity contribution in [1.29, 1.82) is 0 Å². The molecule has 8 heteroatoms. The SMILES string of the molecule is O=C(Cc1ccc(-c2ccccc2O)cc1-c1cc2cnccc2[nH]1)N1CCC(Cc2ccc(F)cc2)(C(=O)O)CC1. The molecular formula is C34H30FN3O4. The van der Waals surface area contributed by atoms with Gasteiger partial charge in [0.25, 0.3) is 0 Å². The van der Waals surface area contributed by atoms with E-state index in [4.69, 9.17) is 0 Å². The Morgan fingerprint density at radius 2 is 1.71 bits per heavy atom. The number of aliphatic carboxylic acids is 1. The zero-order chi connectivity index (χ0) is 29.3. The third-order valence-corrected chi connectivity index (χ3v) is 8.36. The normalized spacial score (nSPS) is 14.6. The van der Waals surface area contributed by atoms with Gasteiger partial charge in [-0.25, -0.2) is 4.39 Å². The Hall–Kier alpha value is -4.98. The molecule has 1 aliphatic rings. The first-order valence-corrected chi connectivity index (χ1v) is 13.9. The highest BCUT2D eigenvalue weighted by Crippen LogP contribution is 2.37. The average Bonchev–Trinajstić information content (AvgIpc) is 3.43. The van der Waals surface area contributed by atoms with Gasteiger partial charge < -0.3 is 20.1 Å². The number of H-pyrrole nitrogens is 1. The van der Waals surface area contributed by atoms with Gasteiger partial charge in [0, 0.05) is 53.2 Å². The van der Waals surface area contributed by atoms with E-state index >= 15 is 0 Å². The van der Waals surface area contributed by atoms with Crippen molar-refractivity contribution < 1.29 is 24.2 Å². The molecule has 6 rings (SSSR count). The smallest absolute Gasteiger partial charge is 0.310 e. The number of aromatic amines is 1. The Kier molecular flexibility index (Phi) is 7.20. The molecular weight excluding hydrogens is 533 g/mol. The Morgan fingerprint density at radius 1 is 0.952 bits per heavy atom. The highest BCUT2D eigenvalue weighted by molar-refractivity contribution is 5.89. The number of benzene rings is 3.